The van der Waals surface area contributed by atoms with Crippen molar-refractivity contribution in [1.82, 2.24) is 10.2 Å². The summed E-state index contributed by atoms with van der Waals surface area (Å²) in [4.78, 5) is 7.17. The van der Waals surface area contributed by atoms with Crippen molar-refractivity contribution in [3.8, 4) is 11.5 Å². The van der Waals surface area contributed by atoms with Crippen molar-refractivity contribution in [2.75, 3.05) is 33.9 Å². The Bertz CT molecular complexity index is 650. The first-order valence-corrected chi connectivity index (χ1v) is 10.7. The highest BCUT2D eigenvalue weighted by Crippen LogP contribution is 2.28. The number of methoxy groups -OCH3 is 2. The number of nitrogens with two attached hydrogens (primary N) is 1. The van der Waals surface area contributed by atoms with E-state index in [2.05, 4.69) is 15.2 Å². The molecule has 1 heterocycles. The van der Waals surface area contributed by atoms with Crippen molar-refractivity contribution in [3.63, 3.8) is 0 Å². The zero-order chi connectivity index (χ0) is 19.8. The highest BCUT2D eigenvalue weighted by molar-refractivity contribution is 14.0. The summed E-state index contributed by atoms with van der Waals surface area (Å²) in [7, 11) is 3.28. The number of benzene rings is 1. The summed E-state index contributed by atoms with van der Waals surface area (Å²) in [6.45, 7) is 3.89. The highest BCUT2D eigenvalue weighted by atomic mass is 127. The molecule has 7 heteroatoms. The lowest BCUT2D eigenvalue weighted by Gasteiger charge is -2.31. The molecule has 0 spiro atoms. The normalized spacial score (nSPS) is 20.9. The molecule has 1 saturated heterocycles. The highest BCUT2D eigenvalue weighted by Gasteiger charge is 2.27. The fraction of sp³-hybridized carbons (Fsp3) is 0.682. The fourth-order valence-corrected chi connectivity index (χ4v) is 4.50. The minimum atomic E-state index is 0. The Morgan fingerprint density at radius 1 is 1.10 bits per heavy atom. The number of ether oxygens (including phenoxy) is 2. The van der Waals surface area contributed by atoms with Crippen LogP contribution in [0.3, 0.4) is 0 Å². The molecule has 164 valence electrons. The summed E-state index contributed by atoms with van der Waals surface area (Å²) in [6, 6.07) is 6.41. The smallest absolute Gasteiger partial charge is 0.188 e. The van der Waals surface area contributed by atoms with Crippen LogP contribution in [0.1, 0.15) is 50.5 Å². The molecule has 1 unspecified atom stereocenters. The summed E-state index contributed by atoms with van der Waals surface area (Å²) in [5, 5.41) is 3.34. The number of hydrogen-bond donors (Lipinski definition) is 2. The Morgan fingerprint density at radius 2 is 1.86 bits per heavy atom. The average molecular weight is 516 g/mol. The van der Waals surface area contributed by atoms with E-state index in [1.54, 1.807) is 14.2 Å². The molecule has 29 heavy (non-hydrogen) atoms. The van der Waals surface area contributed by atoms with Crippen LogP contribution in [-0.4, -0.2) is 50.8 Å². The van der Waals surface area contributed by atoms with Crippen LogP contribution >= 0.6 is 24.0 Å². The van der Waals surface area contributed by atoms with Crippen LogP contribution in [0, 0.1) is 5.92 Å². The molecule has 1 atom stereocenters. The first-order chi connectivity index (χ1) is 13.7. The fourth-order valence-electron chi connectivity index (χ4n) is 4.50. The third-order valence-electron chi connectivity index (χ3n) is 6.12. The maximum absolute atomic E-state index is 6.12. The summed E-state index contributed by atoms with van der Waals surface area (Å²) in [6.07, 6.45) is 9.62. The van der Waals surface area contributed by atoms with Gasteiger partial charge < -0.3 is 20.5 Å². The van der Waals surface area contributed by atoms with Gasteiger partial charge in [0.1, 0.15) is 0 Å². The number of nitrogens with one attached hydrogen (secondary N) is 1. The second kappa shape index (κ2) is 12.5. The monoisotopic (exact) mass is 516 g/mol. The van der Waals surface area contributed by atoms with E-state index < -0.39 is 0 Å². The molecule has 1 aromatic rings. The molecule has 0 aromatic heterocycles. The largest absolute Gasteiger partial charge is 0.493 e. The summed E-state index contributed by atoms with van der Waals surface area (Å²) >= 11 is 0. The van der Waals surface area contributed by atoms with E-state index in [0.717, 1.165) is 23.8 Å². The van der Waals surface area contributed by atoms with Crippen molar-refractivity contribution in [2.45, 2.75) is 57.5 Å². The van der Waals surface area contributed by atoms with Crippen molar-refractivity contribution in [3.05, 3.63) is 23.8 Å². The first kappa shape index (κ1) is 24.1. The van der Waals surface area contributed by atoms with Crippen molar-refractivity contribution in [2.24, 2.45) is 16.6 Å². The quantitative estimate of drug-likeness (QED) is 0.313. The van der Waals surface area contributed by atoms with Gasteiger partial charge in [0.2, 0.25) is 0 Å². The summed E-state index contributed by atoms with van der Waals surface area (Å²) < 4.78 is 10.6. The molecule has 0 radical (unpaired) electrons. The number of aliphatic imine (C=N–C) groups is 1. The maximum atomic E-state index is 6.12. The van der Waals surface area contributed by atoms with Crippen molar-refractivity contribution in [1.29, 1.82) is 0 Å². The zero-order valence-corrected chi connectivity index (χ0v) is 20.2. The molecule has 6 nitrogen and oxygen atoms in total. The molecule has 2 fully saturated rings. The van der Waals surface area contributed by atoms with Gasteiger partial charge in [-0.3, -0.25) is 4.90 Å². The third kappa shape index (κ3) is 7.20. The van der Waals surface area contributed by atoms with E-state index in [9.17, 15) is 0 Å². The number of nitrogens with zero attached hydrogens (tertiary/aromatic N) is 2. The molecule has 1 aromatic carbocycles. The van der Waals surface area contributed by atoms with E-state index in [1.165, 1.54) is 58.0 Å². The lowest BCUT2D eigenvalue weighted by molar-refractivity contribution is 0.188. The zero-order valence-electron chi connectivity index (χ0n) is 17.9. The molecule has 1 aliphatic carbocycles. The minimum absolute atomic E-state index is 0. The molecule has 2 aliphatic rings. The lowest BCUT2D eigenvalue weighted by atomic mass is 9.89. The van der Waals surface area contributed by atoms with Crippen molar-refractivity contribution >= 4 is 29.9 Å². The minimum Gasteiger partial charge on any atom is -0.493 e. The van der Waals surface area contributed by atoms with Crippen LogP contribution in [0.2, 0.25) is 0 Å². The number of likely N-dealkylation sites (tertiary alicyclic amines) is 1. The van der Waals surface area contributed by atoms with Gasteiger partial charge in [0.25, 0.3) is 0 Å². The number of halogens is 1. The van der Waals surface area contributed by atoms with Gasteiger partial charge in [0, 0.05) is 19.1 Å². The number of guanidine groups is 1. The van der Waals surface area contributed by atoms with Gasteiger partial charge in [-0.2, -0.15) is 0 Å². The SMILES string of the molecule is COc1ccc(CN=C(N)NCC2CCCN2CC2CCCCC2)cc1OC.I. The number of hydrogen-bond acceptors (Lipinski definition) is 4. The summed E-state index contributed by atoms with van der Waals surface area (Å²) in [5.41, 5.74) is 7.16. The van der Waals surface area contributed by atoms with Crippen LogP contribution in [0.5, 0.6) is 11.5 Å². The Balaban J connectivity index is 0.00000300. The Kier molecular flexibility index (Phi) is 10.3. The van der Waals surface area contributed by atoms with Crippen LogP contribution < -0.4 is 20.5 Å². The second-order valence-electron chi connectivity index (χ2n) is 8.07. The second-order valence-corrected chi connectivity index (χ2v) is 8.07. The Morgan fingerprint density at radius 3 is 2.59 bits per heavy atom. The first-order valence-electron chi connectivity index (χ1n) is 10.7. The van der Waals surface area contributed by atoms with Crippen LogP contribution in [0.4, 0.5) is 0 Å². The average Bonchev–Trinajstić information content (AvgIpc) is 3.18. The van der Waals surface area contributed by atoms with E-state index >= 15 is 0 Å². The molecule has 1 saturated carbocycles. The number of rotatable bonds is 8. The van der Waals surface area contributed by atoms with E-state index in [4.69, 9.17) is 15.2 Å². The molecule has 0 bridgehead atoms. The molecule has 0 amide bonds. The Hall–Kier alpha value is -1.22. The van der Waals surface area contributed by atoms with Crippen molar-refractivity contribution < 1.29 is 9.47 Å². The molecule has 3 N–H and O–H groups in total. The van der Waals surface area contributed by atoms with Crippen LogP contribution in [0.15, 0.2) is 23.2 Å². The van der Waals surface area contributed by atoms with Gasteiger partial charge in [-0.15, -0.1) is 24.0 Å². The maximum Gasteiger partial charge on any atom is 0.188 e. The molecule has 3 rings (SSSR count). The van der Waals surface area contributed by atoms with Crippen LogP contribution in [0.25, 0.3) is 0 Å². The van der Waals surface area contributed by atoms with Gasteiger partial charge in [-0.25, -0.2) is 4.99 Å². The molecular weight excluding hydrogens is 479 g/mol. The predicted octanol–water partition coefficient (Wildman–Crippen LogP) is 3.77. The lowest BCUT2D eigenvalue weighted by Crippen LogP contribution is -2.44. The van der Waals surface area contributed by atoms with E-state index in [-0.39, 0.29) is 24.0 Å². The van der Waals surface area contributed by atoms with Gasteiger partial charge in [-0.1, -0.05) is 25.3 Å². The topological polar surface area (TPSA) is 72.1 Å². The van der Waals surface area contributed by atoms with E-state index in [0.29, 0.717) is 24.3 Å². The van der Waals surface area contributed by atoms with Gasteiger partial charge in [0.05, 0.1) is 20.8 Å². The van der Waals surface area contributed by atoms with Crippen LogP contribution in [-0.2, 0) is 6.54 Å². The molecule has 1 aliphatic heterocycles. The standard InChI is InChI=1S/C22H36N4O2.HI/c1-27-20-11-10-18(13-21(20)28-2)14-24-22(23)25-15-19-9-6-12-26(19)16-17-7-4-3-5-8-17;/h10-11,13,17,19H,3-9,12,14-16H2,1-2H3,(H3,23,24,25);1H. The van der Waals surface area contributed by atoms with Gasteiger partial charge in [0.15, 0.2) is 17.5 Å². The molecular formula is C22H37IN4O2. The van der Waals surface area contributed by atoms with Gasteiger partial charge >= 0.3 is 0 Å². The third-order valence-corrected chi connectivity index (χ3v) is 6.12. The van der Waals surface area contributed by atoms with E-state index in [1.807, 2.05) is 18.2 Å². The summed E-state index contributed by atoms with van der Waals surface area (Å²) in [5.74, 6) is 2.84. The van der Waals surface area contributed by atoms with Gasteiger partial charge in [-0.05, 0) is 55.8 Å². The predicted molar refractivity (Wildman–Crippen MR) is 129 cm³/mol. The Labute approximate surface area is 192 Å².